The van der Waals surface area contributed by atoms with Crippen molar-refractivity contribution in [3.05, 3.63) is 54.1 Å². The van der Waals surface area contributed by atoms with Gasteiger partial charge in [0.05, 0.1) is 9.79 Å². The molecule has 154 valence electrons. The highest BCUT2D eigenvalue weighted by Crippen LogP contribution is 2.13. The molecule has 12 nitrogen and oxygen atoms in total. The summed E-state index contributed by atoms with van der Waals surface area (Å²) in [6, 6.07) is 9.65. The lowest BCUT2D eigenvalue weighted by Gasteiger charge is -2.05. The lowest BCUT2D eigenvalue weighted by Crippen LogP contribution is -2.28. The van der Waals surface area contributed by atoms with Crippen molar-refractivity contribution in [2.45, 2.75) is 9.79 Å². The predicted octanol–water partition coefficient (Wildman–Crippen LogP) is 0.398. The molecule has 0 bridgehead atoms. The Morgan fingerprint density at radius 2 is 1.29 bits per heavy atom. The minimum atomic E-state index is -4.39. The van der Waals surface area contributed by atoms with E-state index in [0.29, 0.717) is 6.29 Å². The number of hydrogen-bond donors (Lipinski definition) is 5. The molecule has 2 aromatic rings. The highest BCUT2D eigenvalue weighted by atomic mass is 32.2. The molecule has 0 aliphatic carbocycles. The van der Waals surface area contributed by atoms with E-state index in [4.69, 9.17) is 13.7 Å². The summed E-state index contributed by atoms with van der Waals surface area (Å²) in [6.45, 7) is 0. The van der Waals surface area contributed by atoms with Crippen molar-refractivity contribution in [1.29, 1.82) is 0 Å². The predicted molar refractivity (Wildman–Crippen MR) is 96.2 cm³/mol. The number of aldehydes is 1. The van der Waals surface area contributed by atoms with E-state index in [9.17, 15) is 30.0 Å². The van der Waals surface area contributed by atoms with Crippen LogP contribution in [0.4, 0.5) is 5.69 Å². The number of nitrogens with one attached hydrogen (secondary N) is 2. The Balaban J connectivity index is 0.000000292. The van der Waals surface area contributed by atoms with Crippen LogP contribution in [0.2, 0.25) is 0 Å². The van der Waals surface area contributed by atoms with Gasteiger partial charge in [0.25, 0.3) is 20.2 Å². The molecule has 0 atom stereocenters. The van der Waals surface area contributed by atoms with Crippen molar-refractivity contribution in [2.24, 2.45) is 0 Å². The molecule has 0 spiro atoms. The van der Waals surface area contributed by atoms with Crippen LogP contribution in [0.25, 0.3) is 0 Å². The maximum Gasteiger partial charge on any atom is 0.350 e. The molecule has 0 amide bonds. The molecule has 0 saturated heterocycles. The fourth-order valence-corrected chi connectivity index (χ4v) is 2.84. The van der Waals surface area contributed by atoms with Gasteiger partial charge in [0.2, 0.25) is 0 Å². The first-order chi connectivity index (χ1) is 12.7. The third kappa shape index (κ3) is 8.53. The topological polar surface area (TPSA) is 204 Å². The monoisotopic (exact) mass is 454 g/mol. The largest absolute Gasteiger partial charge is 0.350 e. The second-order valence-corrected chi connectivity index (χ2v) is 8.86. The molecule has 0 radical (unpaired) electrons. The van der Waals surface area contributed by atoms with E-state index >= 15 is 0 Å². The van der Waals surface area contributed by atoms with Gasteiger partial charge < -0.3 is 5.43 Å². The number of rotatable bonds is 6. The van der Waals surface area contributed by atoms with E-state index in [0.717, 1.165) is 18.2 Å². The Hall–Kier alpha value is -2.40. The number of carbonyl (C=O) groups is 1. The van der Waals surface area contributed by atoms with E-state index in [-0.39, 0.29) is 21.0 Å². The van der Waals surface area contributed by atoms with Gasteiger partial charge in [-0.15, -0.1) is 4.83 Å². The van der Waals surface area contributed by atoms with Gasteiger partial charge in [-0.25, -0.2) is 0 Å². The van der Waals surface area contributed by atoms with Gasteiger partial charge in [0.1, 0.15) is 6.29 Å². The molecule has 2 rings (SSSR count). The van der Waals surface area contributed by atoms with Crippen LogP contribution in [0.1, 0.15) is 10.4 Å². The quantitative estimate of drug-likeness (QED) is 0.229. The molecule has 15 heteroatoms. The summed E-state index contributed by atoms with van der Waals surface area (Å²) in [5, 5.41) is 0. The average Bonchev–Trinajstić information content (AvgIpc) is 2.59. The van der Waals surface area contributed by atoms with Crippen molar-refractivity contribution in [2.75, 3.05) is 5.43 Å². The maximum atomic E-state index is 10.6. The van der Waals surface area contributed by atoms with Crippen molar-refractivity contribution in [3.8, 4) is 0 Å². The van der Waals surface area contributed by atoms with E-state index in [2.05, 4.69) is 5.43 Å². The van der Waals surface area contributed by atoms with Crippen LogP contribution in [-0.2, 0) is 30.5 Å². The molecule has 0 unspecified atom stereocenters. The Morgan fingerprint density at radius 1 is 0.750 bits per heavy atom. The number of anilines is 1. The average molecular weight is 454 g/mol. The fourth-order valence-electron chi connectivity index (χ4n) is 1.58. The fraction of sp³-hybridized carbons (Fsp3) is 0. The second-order valence-electron chi connectivity index (χ2n) is 4.87. The van der Waals surface area contributed by atoms with Crippen molar-refractivity contribution >= 4 is 42.5 Å². The van der Waals surface area contributed by atoms with E-state index in [1.54, 1.807) is 4.83 Å². The number of hydrazine groups is 1. The Morgan fingerprint density at radius 3 is 1.71 bits per heavy atom. The summed E-state index contributed by atoms with van der Waals surface area (Å²) in [4.78, 5) is 11.2. The van der Waals surface area contributed by atoms with Crippen LogP contribution in [0.15, 0.2) is 58.3 Å². The molecule has 0 aromatic heterocycles. The molecule has 28 heavy (non-hydrogen) atoms. The van der Waals surface area contributed by atoms with E-state index in [1.807, 2.05) is 0 Å². The van der Waals surface area contributed by atoms with Crippen LogP contribution in [0.5, 0.6) is 0 Å². The zero-order valence-electron chi connectivity index (χ0n) is 13.6. The first-order valence-electron chi connectivity index (χ1n) is 6.83. The van der Waals surface area contributed by atoms with Gasteiger partial charge >= 0.3 is 10.3 Å². The van der Waals surface area contributed by atoms with Gasteiger partial charge in [0.15, 0.2) is 0 Å². The van der Waals surface area contributed by atoms with Gasteiger partial charge in [-0.3, -0.25) is 18.5 Å². The molecule has 2 aromatic carbocycles. The Labute approximate surface area is 160 Å². The van der Waals surface area contributed by atoms with Crippen LogP contribution in [0.3, 0.4) is 0 Å². The Kier molecular flexibility index (Phi) is 7.76. The molecular formula is C13H14N2O10S3. The normalized spacial score (nSPS) is 11.8. The third-order valence-corrected chi connectivity index (χ3v) is 4.85. The standard InChI is InChI=1S/C7H6O4S.C6H8N2O6S2/c8-5-6-2-1-3-7(4-6)12(9,10)11;9-15(10,11)6-3-1-5(2-4-6)7-8-16(12,13)14/h1-5H,(H,9,10,11);1-4,7-8H,(H,9,10,11)(H,12,13,14). The number of hydrogen-bond acceptors (Lipinski definition) is 8. The minimum absolute atomic E-state index is 0.185. The van der Waals surface area contributed by atoms with Crippen LogP contribution in [0, 0.1) is 0 Å². The zero-order chi connectivity index (χ0) is 21.6. The smallest absolute Gasteiger partial charge is 0.306 e. The van der Waals surface area contributed by atoms with Crippen molar-refractivity contribution in [1.82, 2.24) is 4.83 Å². The molecule has 0 fully saturated rings. The SMILES string of the molecule is O=Cc1cccc(S(=O)(=O)O)c1.O=S(=O)(O)NNc1ccc(S(=O)(=O)O)cc1. The second kappa shape index (κ2) is 9.20. The maximum absolute atomic E-state index is 10.6. The molecular weight excluding hydrogens is 440 g/mol. The van der Waals surface area contributed by atoms with Gasteiger partial charge in [-0.1, -0.05) is 12.1 Å². The van der Waals surface area contributed by atoms with Crippen LogP contribution < -0.4 is 10.3 Å². The first kappa shape index (κ1) is 23.6. The van der Waals surface area contributed by atoms with Gasteiger partial charge in [0, 0.05) is 11.3 Å². The highest BCUT2D eigenvalue weighted by molar-refractivity contribution is 7.86. The summed E-state index contributed by atoms with van der Waals surface area (Å²) in [6.07, 6.45) is 0.509. The first-order valence-corrected chi connectivity index (χ1v) is 11.1. The summed E-state index contributed by atoms with van der Waals surface area (Å²) < 4.78 is 88.5. The molecule has 0 saturated carbocycles. The molecule has 0 heterocycles. The lowest BCUT2D eigenvalue weighted by atomic mass is 10.2. The summed E-state index contributed by atoms with van der Waals surface area (Å²) >= 11 is 0. The Bertz CT molecular complexity index is 1140. The zero-order valence-corrected chi connectivity index (χ0v) is 16.1. The van der Waals surface area contributed by atoms with Crippen molar-refractivity contribution < 1.29 is 43.7 Å². The molecule has 0 aliphatic rings. The molecule has 0 aliphatic heterocycles. The van der Waals surface area contributed by atoms with Gasteiger partial charge in [-0.05, 0) is 36.4 Å². The highest BCUT2D eigenvalue weighted by Gasteiger charge is 2.09. The lowest BCUT2D eigenvalue weighted by molar-refractivity contribution is 0.112. The minimum Gasteiger partial charge on any atom is -0.306 e. The van der Waals surface area contributed by atoms with E-state index in [1.165, 1.54) is 30.3 Å². The molecule has 5 N–H and O–H groups in total. The third-order valence-electron chi connectivity index (χ3n) is 2.77. The number of benzene rings is 2. The van der Waals surface area contributed by atoms with Gasteiger partial charge in [-0.2, -0.15) is 25.3 Å². The van der Waals surface area contributed by atoms with Crippen LogP contribution in [-0.4, -0.2) is 45.2 Å². The summed E-state index contributed by atoms with van der Waals surface area (Å²) in [7, 11) is -12.9. The summed E-state index contributed by atoms with van der Waals surface area (Å²) in [5.74, 6) is 0. The van der Waals surface area contributed by atoms with Crippen molar-refractivity contribution in [3.63, 3.8) is 0 Å². The number of carbonyl (C=O) groups excluding carboxylic acids is 1. The van der Waals surface area contributed by atoms with Crippen LogP contribution >= 0.6 is 0 Å². The van der Waals surface area contributed by atoms with E-state index < -0.39 is 30.5 Å². The summed E-state index contributed by atoms with van der Waals surface area (Å²) in [5.41, 5.74) is 2.50.